The summed E-state index contributed by atoms with van der Waals surface area (Å²) < 4.78 is 3.32. The number of amides is 1. The molecule has 3 rings (SSSR count). The number of thiazole rings is 1. The molecule has 0 spiro atoms. The number of hydrogen-bond donors (Lipinski definition) is 0. The molecule has 1 aromatic carbocycles. The predicted octanol–water partition coefficient (Wildman–Crippen LogP) is 4.58. The van der Waals surface area contributed by atoms with Crippen LogP contribution in [0.25, 0.3) is 10.2 Å². The van der Waals surface area contributed by atoms with E-state index in [1.165, 1.54) is 10.3 Å². The van der Waals surface area contributed by atoms with Crippen molar-refractivity contribution in [2.75, 3.05) is 0 Å². The van der Waals surface area contributed by atoms with Gasteiger partial charge in [0.15, 0.2) is 4.80 Å². The number of fused-ring (bicyclic) bond motifs is 1. The normalized spacial score (nSPS) is 12.4. The summed E-state index contributed by atoms with van der Waals surface area (Å²) >= 11 is 3.20. The highest BCUT2D eigenvalue weighted by Crippen LogP contribution is 2.23. The van der Waals surface area contributed by atoms with Gasteiger partial charge in [-0.05, 0) is 42.0 Å². The van der Waals surface area contributed by atoms with E-state index in [0.29, 0.717) is 12.3 Å². The fraction of sp³-hybridized carbons (Fsp3) is 0.333. The third-order valence-corrected chi connectivity index (χ3v) is 5.73. The summed E-state index contributed by atoms with van der Waals surface area (Å²) in [5.41, 5.74) is 2.48. The van der Waals surface area contributed by atoms with Crippen molar-refractivity contribution in [2.24, 2.45) is 4.99 Å². The second-order valence-corrected chi connectivity index (χ2v) is 7.81. The van der Waals surface area contributed by atoms with Crippen molar-refractivity contribution in [1.29, 1.82) is 0 Å². The number of aryl methyl sites for hydroxylation is 1. The molecule has 2 heterocycles. The SMILES string of the molecule is CCn1c(=NC(=O)Cc2cccs2)sc2cc(C(C)C)ccc21. The molecule has 0 bridgehead atoms. The minimum Gasteiger partial charge on any atom is -0.317 e. The van der Waals surface area contributed by atoms with E-state index in [1.807, 2.05) is 17.5 Å². The number of hydrogen-bond acceptors (Lipinski definition) is 3. The van der Waals surface area contributed by atoms with Crippen LogP contribution < -0.4 is 4.80 Å². The van der Waals surface area contributed by atoms with Gasteiger partial charge in [0.05, 0.1) is 16.6 Å². The van der Waals surface area contributed by atoms with Crippen molar-refractivity contribution in [1.82, 2.24) is 4.57 Å². The average Bonchev–Trinajstić information content (AvgIpc) is 3.13. The Labute approximate surface area is 143 Å². The summed E-state index contributed by atoms with van der Waals surface area (Å²) in [6, 6.07) is 10.5. The minimum atomic E-state index is -0.0784. The quantitative estimate of drug-likeness (QED) is 0.682. The molecule has 0 aliphatic carbocycles. The first-order chi connectivity index (χ1) is 11.1. The van der Waals surface area contributed by atoms with Gasteiger partial charge >= 0.3 is 0 Å². The molecule has 2 aromatic heterocycles. The molecule has 0 aliphatic rings. The number of rotatable bonds is 4. The average molecular weight is 345 g/mol. The van der Waals surface area contributed by atoms with E-state index in [9.17, 15) is 4.79 Å². The van der Waals surface area contributed by atoms with E-state index in [0.717, 1.165) is 21.7 Å². The van der Waals surface area contributed by atoms with Crippen molar-refractivity contribution >= 4 is 38.8 Å². The topological polar surface area (TPSA) is 34.4 Å². The molecule has 0 aliphatic heterocycles. The maximum atomic E-state index is 12.2. The van der Waals surface area contributed by atoms with Crippen LogP contribution in [0.3, 0.4) is 0 Å². The van der Waals surface area contributed by atoms with Crippen LogP contribution in [0, 0.1) is 0 Å². The molecule has 0 saturated carbocycles. The largest absolute Gasteiger partial charge is 0.317 e. The van der Waals surface area contributed by atoms with Crippen molar-refractivity contribution in [3.63, 3.8) is 0 Å². The van der Waals surface area contributed by atoms with Gasteiger partial charge in [-0.1, -0.05) is 37.3 Å². The highest BCUT2D eigenvalue weighted by Gasteiger charge is 2.09. The summed E-state index contributed by atoms with van der Waals surface area (Å²) in [5, 5.41) is 1.99. The van der Waals surface area contributed by atoms with Gasteiger partial charge in [0.2, 0.25) is 0 Å². The maximum absolute atomic E-state index is 12.2. The fourth-order valence-corrected chi connectivity index (χ4v) is 4.40. The zero-order valence-electron chi connectivity index (χ0n) is 13.6. The minimum absolute atomic E-state index is 0.0784. The molecule has 1 amide bonds. The molecule has 0 fully saturated rings. The highest BCUT2D eigenvalue weighted by atomic mass is 32.1. The Hall–Kier alpha value is -1.72. The van der Waals surface area contributed by atoms with Crippen LogP contribution >= 0.6 is 22.7 Å². The molecule has 3 nitrogen and oxygen atoms in total. The van der Waals surface area contributed by atoms with E-state index in [2.05, 4.69) is 48.5 Å². The smallest absolute Gasteiger partial charge is 0.253 e. The summed E-state index contributed by atoms with van der Waals surface area (Å²) in [5.74, 6) is 0.419. The molecule has 120 valence electrons. The maximum Gasteiger partial charge on any atom is 0.253 e. The Kier molecular flexibility index (Phi) is 4.78. The Bertz CT molecular complexity index is 886. The van der Waals surface area contributed by atoms with Crippen molar-refractivity contribution < 1.29 is 4.79 Å². The standard InChI is InChI=1S/C18H20N2OS2/c1-4-20-15-8-7-13(12(2)3)10-16(15)23-18(20)19-17(21)11-14-6-5-9-22-14/h5-10,12H,4,11H2,1-3H3. The van der Waals surface area contributed by atoms with Crippen molar-refractivity contribution in [3.05, 3.63) is 51.0 Å². The Morgan fingerprint density at radius 3 is 2.78 bits per heavy atom. The summed E-state index contributed by atoms with van der Waals surface area (Å²) in [7, 11) is 0. The van der Waals surface area contributed by atoms with Crippen LogP contribution in [0.5, 0.6) is 0 Å². The van der Waals surface area contributed by atoms with Gasteiger partial charge in [0.25, 0.3) is 5.91 Å². The second kappa shape index (κ2) is 6.81. The number of carbonyl (C=O) groups is 1. The van der Waals surface area contributed by atoms with Gasteiger partial charge < -0.3 is 4.57 Å². The van der Waals surface area contributed by atoms with E-state index >= 15 is 0 Å². The number of aromatic nitrogens is 1. The first-order valence-corrected chi connectivity index (χ1v) is 9.51. The van der Waals surface area contributed by atoms with Gasteiger partial charge in [-0.25, -0.2) is 0 Å². The van der Waals surface area contributed by atoms with Gasteiger partial charge in [-0.3, -0.25) is 4.79 Å². The molecule has 23 heavy (non-hydrogen) atoms. The molecule has 0 radical (unpaired) electrons. The summed E-state index contributed by atoms with van der Waals surface area (Å²) in [6.45, 7) is 7.29. The molecule has 5 heteroatoms. The molecule has 0 atom stereocenters. The van der Waals surface area contributed by atoms with Crippen LogP contribution in [0.4, 0.5) is 0 Å². The second-order valence-electron chi connectivity index (χ2n) is 5.77. The third-order valence-electron chi connectivity index (χ3n) is 3.82. The van der Waals surface area contributed by atoms with Crippen LogP contribution in [-0.4, -0.2) is 10.5 Å². The van der Waals surface area contributed by atoms with Crippen LogP contribution in [0.1, 0.15) is 37.1 Å². The van der Waals surface area contributed by atoms with E-state index in [-0.39, 0.29) is 5.91 Å². The molecular weight excluding hydrogens is 324 g/mol. The van der Waals surface area contributed by atoms with Crippen LogP contribution in [0.15, 0.2) is 40.7 Å². The lowest BCUT2D eigenvalue weighted by atomic mass is 10.0. The molecule has 0 saturated heterocycles. The van der Waals surface area contributed by atoms with Crippen molar-refractivity contribution in [3.8, 4) is 0 Å². The molecule has 0 N–H and O–H groups in total. The lowest BCUT2D eigenvalue weighted by Gasteiger charge is -2.05. The zero-order valence-corrected chi connectivity index (χ0v) is 15.2. The van der Waals surface area contributed by atoms with E-state index < -0.39 is 0 Å². The predicted molar refractivity (Wildman–Crippen MR) is 98.2 cm³/mol. The monoisotopic (exact) mass is 344 g/mol. The van der Waals surface area contributed by atoms with Crippen LogP contribution in [0.2, 0.25) is 0 Å². The van der Waals surface area contributed by atoms with Gasteiger partial charge in [-0.2, -0.15) is 4.99 Å². The first-order valence-electron chi connectivity index (χ1n) is 7.81. The third kappa shape index (κ3) is 3.46. The number of nitrogens with zero attached hydrogens (tertiary/aromatic N) is 2. The summed E-state index contributed by atoms with van der Waals surface area (Å²) in [6.07, 6.45) is 0.382. The molecule has 3 aromatic rings. The summed E-state index contributed by atoms with van der Waals surface area (Å²) in [4.78, 5) is 18.5. The van der Waals surface area contributed by atoms with Gasteiger partial charge in [0, 0.05) is 11.4 Å². The lowest BCUT2D eigenvalue weighted by molar-refractivity contribution is -0.117. The number of benzene rings is 1. The van der Waals surface area contributed by atoms with Gasteiger partial charge in [-0.15, -0.1) is 11.3 Å². The van der Waals surface area contributed by atoms with Gasteiger partial charge in [0.1, 0.15) is 0 Å². The highest BCUT2D eigenvalue weighted by molar-refractivity contribution is 7.16. The Morgan fingerprint density at radius 1 is 1.30 bits per heavy atom. The number of carbonyl (C=O) groups excluding carboxylic acids is 1. The van der Waals surface area contributed by atoms with Crippen LogP contribution in [-0.2, 0) is 17.8 Å². The van der Waals surface area contributed by atoms with Crippen molar-refractivity contribution in [2.45, 2.75) is 39.7 Å². The fourth-order valence-electron chi connectivity index (χ4n) is 2.55. The molecular formula is C18H20N2OS2. The number of thiophene rings is 1. The zero-order chi connectivity index (χ0) is 16.4. The first kappa shape index (κ1) is 16.1. The Morgan fingerprint density at radius 2 is 2.13 bits per heavy atom. The van der Waals surface area contributed by atoms with E-state index in [4.69, 9.17) is 0 Å². The molecule has 0 unspecified atom stereocenters. The van der Waals surface area contributed by atoms with E-state index in [1.54, 1.807) is 22.7 Å². The Balaban J connectivity index is 2.02. The lowest BCUT2D eigenvalue weighted by Crippen LogP contribution is -2.16.